The smallest absolute Gasteiger partial charge is 0.357 e. The average Bonchev–Trinajstić information content (AvgIpc) is 2.82. The number of fused-ring (bicyclic) bond motifs is 1. The van der Waals surface area contributed by atoms with Crippen molar-refractivity contribution in [1.82, 2.24) is 15.6 Å². The predicted molar refractivity (Wildman–Crippen MR) is 132 cm³/mol. The summed E-state index contributed by atoms with van der Waals surface area (Å²) in [4.78, 5) is 40.1. The SMILES string of the molecule is CCl.Cn1c(=O)c([N+](=O)[O-])c(N2CCN(C(=O)c3ccc(Cl)cc3)CC2)c2ccccc21.N. The van der Waals surface area contributed by atoms with Crippen molar-refractivity contribution in [3.63, 3.8) is 0 Å². The van der Waals surface area contributed by atoms with Gasteiger partial charge in [0.05, 0.1) is 10.4 Å². The Morgan fingerprint density at radius 1 is 1.00 bits per heavy atom. The topological polar surface area (TPSA) is 124 Å². The summed E-state index contributed by atoms with van der Waals surface area (Å²) in [6.07, 6.45) is 1.47. The van der Waals surface area contributed by atoms with E-state index in [1.807, 2.05) is 4.90 Å². The van der Waals surface area contributed by atoms with E-state index in [1.54, 1.807) is 53.4 Å². The van der Waals surface area contributed by atoms with Crippen molar-refractivity contribution in [1.29, 1.82) is 0 Å². The molecule has 1 amide bonds. The number of para-hydroxylation sites is 1. The fourth-order valence-electron chi connectivity index (χ4n) is 3.86. The van der Waals surface area contributed by atoms with Gasteiger partial charge in [0.2, 0.25) is 0 Å². The molecule has 1 fully saturated rings. The maximum Gasteiger partial charge on any atom is 0.357 e. The van der Waals surface area contributed by atoms with Crippen LogP contribution >= 0.6 is 23.2 Å². The van der Waals surface area contributed by atoms with Crippen molar-refractivity contribution in [3.05, 3.63) is 79.6 Å². The molecule has 0 radical (unpaired) electrons. The molecule has 4 rings (SSSR count). The number of carbonyl (C=O) groups excluding carboxylic acids is 1. The lowest BCUT2D eigenvalue weighted by Crippen LogP contribution is -2.49. The highest BCUT2D eigenvalue weighted by atomic mass is 35.5. The number of benzene rings is 2. The van der Waals surface area contributed by atoms with E-state index < -0.39 is 16.2 Å². The molecule has 0 saturated carbocycles. The van der Waals surface area contributed by atoms with Gasteiger partial charge in [0.1, 0.15) is 5.69 Å². The van der Waals surface area contributed by atoms with E-state index in [-0.39, 0.29) is 12.1 Å². The molecule has 176 valence electrons. The monoisotopic (exact) mass is 493 g/mol. The number of pyridine rings is 1. The van der Waals surface area contributed by atoms with Crippen molar-refractivity contribution in [2.75, 3.05) is 37.5 Å². The van der Waals surface area contributed by atoms with Crippen LogP contribution in [0.25, 0.3) is 10.9 Å². The number of anilines is 1. The first-order valence-corrected chi connectivity index (χ1v) is 11.0. The maximum absolute atomic E-state index is 12.7. The summed E-state index contributed by atoms with van der Waals surface area (Å²) >= 11 is 10.5. The summed E-state index contributed by atoms with van der Waals surface area (Å²) < 4.78 is 1.30. The third kappa shape index (κ3) is 5.11. The van der Waals surface area contributed by atoms with Crippen LogP contribution in [0.15, 0.2) is 53.3 Å². The van der Waals surface area contributed by atoms with Crippen molar-refractivity contribution in [2.24, 2.45) is 7.05 Å². The molecule has 1 aromatic heterocycles. The van der Waals surface area contributed by atoms with Gasteiger partial charge in [-0.25, -0.2) is 0 Å². The molecule has 0 atom stereocenters. The van der Waals surface area contributed by atoms with Gasteiger partial charge < -0.3 is 20.5 Å². The molecular weight excluding hydrogens is 469 g/mol. The number of aromatic nitrogens is 1. The normalized spacial score (nSPS) is 13.1. The third-order valence-electron chi connectivity index (χ3n) is 5.41. The van der Waals surface area contributed by atoms with Crippen LogP contribution in [-0.2, 0) is 7.05 Å². The predicted octanol–water partition coefficient (Wildman–Crippen LogP) is 4.08. The minimum atomic E-state index is -0.645. The number of rotatable bonds is 3. The second kappa shape index (κ2) is 11.1. The molecule has 2 aromatic carbocycles. The summed E-state index contributed by atoms with van der Waals surface area (Å²) in [5.74, 6) is -0.116. The van der Waals surface area contributed by atoms with Crippen LogP contribution in [-0.4, -0.2) is 52.9 Å². The van der Waals surface area contributed by atoms with Crippen LogP contribution in [0, 0.1) is 10.1 Å². The number of piperazine rings is 1. The van der Waals surface area contributed by atoms with Crippen LogP contribution < -0.4 is 16.6 Å². The lowest BCUT2D eigenvalue weighted by atomic mass is 10.1. The van der Waals surface area contributed by atoms with Gasteiger partial charge in [-0.2, -0.15) is 0 Å². The lowest BCUT2D eigenvalue weighted by Gasteiger charge is -2.36. The number of hydrogen-bond donors (Lipinski definition) is 1. The van der Waals surface area contributed by atoms with Crippen molar-refractivity contribution < 1.29 is 9.72 Å². The Balaban J connectivity index is 0.00000125. The quantitative estimate of drug-likeness (QED) is 0.333. The summed E-state index contributed by atoms with van der Waals surface area (Å²) in [5.41, 5.74) is 0.403. The van der Waals surface area contributed by atoms with Crippen LogP contribution in [0.1, 0.15) is 10.4 Å². The fourth-order valence-corrected chi connectivity index (χ4v) is 3.98. The first-order valence-electron chi connectivity index (χ1n) is 9.82. The molecule has 3 N–H and O–H groups in total. The number of amides is 1. The second-order valence-corrected chi connectivity index (χ2v) is 7.56. The molecule has 0 spiro atoms. The van der Waals surface area contributed by atoms with Crippen LogP contribution in [0.2, 0.25) is 5.02 Å². The largest absolute Gasteiger partial charge is 0.362 e. The van der Waals surface area contributed by atoms with Gasteiger partial charge in [-0.3, -0.25) is 19.7 Å². The molecule has 11 heteroatoms. The highest BCUT2D eigenvalue weighted by Crippen LogP contribution is 2.34. The number of nitro groups is 1. The first kappa shape index (κ1) is 26.1. The molecule has 0 bridgehead atoms. The number of aryl methyl sites for hydroxylation is 1. The Morgan fingerprint density at radius 2 is 1.58 bits per heavy atom. The Bertz CT molecular complexity index is 1210. The average molecular weight is 494 g/mol. The number of carbonyl (C=O) groups is 1. The Hall–Kier alpha value is -3.14. The third-order valence-corrected chi connectivity index (χ3v) is 5.66. The Kier molecular flexibility index (Phi) is 8.81. The summed E-state index contributed by atoms with van der Waals surface area (Å²) in [5, 5.41) is 13.0. The summed E-state index contributed by atoms with van der Waals surface area (Å²) in [6.45, 7) is 1.55. The molecule has 3 aromatic rings. The number of halogens is 2. The van der Waals surface area contributed by atoms with Crippen LogP contribution in [0.3, 0.4) is 0 Å². The molecule has 0 unspecified atom stereocenters. The number of hydrogen-bond acceptors (Lipinski definition) is 6. The van der Waals surface area contributed by atoms with E-state index in [4.69, 9.17) is 11.6 Å². The standard InChI is InChI=1S/C21H19ClN4O4.CH3Cl.H3N/c1-23-17-5-3-2-4-16(17)18(19(21(23)28)26(29)30)24-10-12-25(13-11-24)20(27)14-6-8-15(22)9-7-14;1-2;/h2-9H,10-13H2,1H3;1H3;1H3. The summed E-state index contributed by atoms with van der Waals surface area (Å²) in [7, 11) is 1.53. The lowest BCUT2D eigenvalue weighted by molar-refractivity contribution is -0.385. The molecule has 1 aliphatic rings. The number of alkyl halides is 1. The van der Waals surface area contributed by atoms with Crippen molar-refractivity contribution in [3.8, 4) is 0 Å². The van der Waals surface area contributed by atoms with E-state index in [0.29, 0.717) is 53.4 Å². The fraction of sp³-hybridized carbons (Fsp3) is 0.273. The minimum absolute atomic E-state index is 0. The minimum Gasteiger partial charge on any atom is -0.362 e. The molecular formula is C22H25Cl2N5O4. The Labute approximate surface area is 200 Å². The highest BCUT2D eigenvalue weighted by Gasteiger charge is 2.31. The van der Waals surface area contributed by atoms with Gasteiger partial charge >= 0.3 is 11.2 Å². The van der Waals surface area contributed by atoms with Gasteiger partial charge in [-0.1, -0.05) is 29.8 Å². The van der Waals surface area contributed by atoms with Gasteiger partial charge in [0, 0.05) is 55.6 Å². The van der Waals surface area contributed by atoms with Gasteiger partial charge in [0.25, 0.3) is 5.91 Å². The van der Waals surface area contributed by atoms with Crippen molar-refractivity contribution >= 4 is 51.4 Å². The first-order chi connectivity index (χ1) is 15.4. The highest BCUT2D eigenvalue weighted by molar-refractivity contribution is 6.30. The van der Waals surface area contributed by atoms with E-state index in [0.717, 1.165) is 0 Å². The molecule has 0 aliphatic carbocycles. The molecule has 33 heavy (non-hydrogen) atoms. The molecule has 9 nitrogen and oxygen atoms in total. The Morgan fingerprint density at radius 3 is 2.15 bits per heavy atom. The van der Waals surface area contributed by atoms with E-state index in [9.17, 15) is 19.7 Å². The van der Waals surface area contributed by atoms with E-state index in [2.05, 4.69) is 11.6 Å². The zero-order chi connectivity index (χ0) is 23.4. The second-order valence-electron chi connectivity index (χ2n) is 7.12. The van der Waals surface area contributed by atoms with Gasteiger partial charge in [-0.05, 0) is 30.3 Å². The van der Waals surface area contributed by atoms with Gasteiger partial charge in [-0.15, -0.1) is 11.6 Å². The molecule has 2 heterocycles. The van der Waals surface area contributed by atoms with Crippen LogP contribution in [0.5, 0.6) is 0 Å². The molecule has 1 aliphatic heterocycles. The van der Waals surface area contributed by atoms with E-state index >= 15 is 0 Å². The number of nitrogens with zero attached hydrogens (tertiary/aromatic N) is 4. The zero-order valence-electron chi connectivity index (χ0n) is 18.3. The summed E-state index contributed by atoms with van der Waals surface area (Å²) in [6, 6.07) is 13.8. The van der Waals surface area contributed by atoms with Crippen LogP contribution in [0.4, 0.5) is 11.4 Å². The molecule has 1 saturated heterocycles. The zero-order valence-corrected chi connectivity index (χ0v) is 19.8. The van der Waals surface area contributed by atoms with Gasteiger partial charge in [0.15, 0.2) is 0 Å². The maximum atomic E-state index is 12.7. The van der Waals surface area contributed by atoms with Crippen molar-refractivity contribution in [2.45, 2.75) is 0 Å². The van der Waals surface area contributed by atoms with E-state index in [1.165, 1.54) is 18.0 Å².